The van der Waals surface area contributed by atoms with Crippen LogP contribution >= 0.6 is 27.3 Å². The van der Waals surface area contributed by atoms with E-state index in [0.717, 1.165) is 27.0 Å². The van der Waals surface area contributed by atoms with E-state index < -0.39 is 6.10 Å². The second-order valence-corrected chi connectivity index (χ2v) is 7.60. The fourth-order valence-electron chi connectivity index (χ4n) is 2.58. The Kier molecular flexibility index (Phi) is 5.11. The van der Waals surface area contributed by atoms with Crippen molar-refractivity contribution in [1.29, 1.82) is 0 Å². The van der Waals surface area contributed by atoms with Crippen molar-refractivity contribution in [3.63, 3.8) is 0 Å². The summed E-state index contributed by atoms with van der Waals surface area (Å²) in [6.07, 6.45) is 1.10. The van der Waals surface area contributed by atoms with E-state index in [2.05, 4.69) is 26.2 Å². The van der Waals surface area contributed by atoms with Gasteiger partial charge in [-0.1, -0.05) is 28.1 Å². The first-order valence-corrected chi connectivity index (χ1v) is 9.07. The molecule has 0 spiro atoms. The van der Waals surface area contributed by atoms with Crippen LogP contribution in [0, 0.1) is 6.92 Å². The van der Waals surface area contributed by atoms with Gasteiger partial charge in [0.2, 0.25) is 0 Å². The van der Waals surface area contributed by atoms with Gasteiger partial charge in [0.25, 0.3) is 5.91 Å². The molecule has 2 aromatic rings. The van der Waals surface area contributed by atoms with Crippen LogP contribution in [0.1, 0.15) is 17.7 Å². The summed E-state index contributed by atoms with van der Waals surface area (Å²) in [5.74, 6) is -0.142. The summed E-state index contributed by atoms with van der Waals surface area (Å²) in [4.78, 5) is 17.9. The van der Waals surface area contributed by atoms with E-state index in [1.807, 2.05) is 31.2 Å². The number of thiazole rings is 1. The number of benzene rings is 1. The van der Waals surface area contributed by atoms with Gasteiger partial charge in [0.05, 0.1) is 11.8 Å². The van der Waals surface area contributed by atoms with Gasteiger partial charge in [-0.25, -0.2) is 4.98 Å². The van der Waals surface area contributed by atoms with Gasteiger partial charge in [-0.2, -0.15) is 0 Å². The van der Waals surface area contributed by atoms with Crippen LogP contribution in [0.5, 0.6) is 0 Å². The molecule has 1 aliphatic rings. The highest BCUT2D eigenvalue weighted by molar-refractivity contribution is 9.10. The van der Waals surface area contributed by atoms with Crippen molar-refractivity contribution in [2.75, 3.05) is 11.9 Å². The highest BCUT2D eigenvalue weighted by Gasteiger charge is 2.30. The SMILES string of the molecule is Cc1sc(NC(=O)[C@@H]2CC[C@H](CN)O2)nc1-c1ccc(Br)cc1. The van der Waals surface area contributed by atoms with Gasteiger partial charge in [-0.3, -0.25) is 10.1 Å². The van der Waals surface area contributed by atoms with E-state index in [0.29, 0.717) is 18.1 Å². The Balaban J connectivity index is 1.71. The van der Waals surface area contributed by atoms with Crippen LogP contribution in [0.4, 0.5) is 5.13 Å². The van der Waals surface area contributed by atoms with Crippen molar-refractivity contribution in [2.24, 2.45) is 5.73 Å². The van der Waals surface area contributed by atoms with Crippen molar-refractivity contribution in [1.82, 2.24) is 4.98 Å². The number of carbonyl (C=O) groups excluding carboxylic acids is 1. The molecule has 2 atom stereocenters. The molecule has 122 valence electrons. The first-order chi connectivity index (χ1) is 11.1. The molecule has 1 fully saturated rings. The van der Waals surface area contributed by atoms with E-state index >= 15 is 0 Å². The zero-order valence-electron chi connectivity index (χ0n) is 12.7. The average molecular weight is 396 g/mol. The number of aromatic nitrogens is 1. The fraction of sp³-hybridized carbons (Fsp3) is 0.375. The number of rotatable bonds is 4. The van der Waals surface area contributed by atoms with E-state index in [1.54, 1.807) is 0 Å². The van der Waals surface area contributed by atoms with Crippen LogP contribution < -0.4 is 11.1 Å². The zero-order chi connectivity index (χ0) is 16.4. The standard InChI is InChI=1S/C16H18BrN3O2S/c1-9-14(10-2-4-11(17)5-3-10)19-16(23-9)20-15(21)13-7-6-12(8-18)22-13/h2-5,12-13H,6-8,18H2,1H3,(H,19,20,21)/t12-,13+/m1/s1. The van der Waals surface area contributed by atoms with Crippen LogP contribution in [-0.4, -0.2) is 29.6 Å². The Hall–Kier alpha value is -1.28. The number of nitrogens with one attached hydrogen (secondary N) is 1. The maximum absolute atomic E-state index is 12.3. The van der Waals surface area contributed by atoms with Crippen molar-refractivity contribution < 1.29 is 9.53 Å². The molecule has 0 unspecified atom stereocenters. The molecule has 3 N–H and O–H groups in total. The fourth-order valence-corrected chi connectivity index (χ4v) is 3.69. The van der Waals surface area contributed by atoms with Crippen molar-refractivity contribution in [3.8, 4) is 11.3 Å². The monoisotopic (exact) mass is 395 g/mol. The smallest absolute Gasteiger partial charge is 0.255 e. The highest BCUT2D eigenvalue weighted by Crippen LogP contribution is 2.31. The molecule has 7 heteroatoms. The summed E-state index contributed by atoms with van der Waals surface area (Å²) in [6.45, 7) is 2.45. The van der Waals surface area contributed by atoms with Gasteiger partial charge in [0.15, 0.2) is 5.13 Å². The maximum atomic E-state index is 12.3. The van der Waals surface area contributed by atoms with Gasteiger partial charge in [0, 0.05) is 21.5 Å². The van der Waals surface area contributed by atoms with Gasteiger partial charge in [0.1, 0.15) is 6.10 Å². The van der Waals surface area contributed by atoms with Gasteiger partial charge < -0.3 is 10.5 Å². The molecule has 1 amide bonds. The van der Waals surface area contributed by atoms with Crippen LogP contribution in [-0.2, 0) is 9.53 Å². The number of nitrogens with zero attached hydrogens (tertiary/aromatic N) is 1. The van der Waals surface area contributed by atoms with E-state index in [-0.39, 0.29) is 12.0 Å². The molecule has 3 rings (SSSR count). The molecule has 1 saturated heterocycles. The summed E-state index contributed by atoms with van der Waals surface area (Å²) in [6, 6.07) is 7.96. The third-order valence-electron chi connectivity index (χ3n) is 3.81. The third kappa shape index (κ3) is 3.80. The minimum Gasteiger partial charge on any atom is -0.364 e. The second kappa shape index (κ2) is 7.09. The number of anilines is 1. The van der Waals surface area contributed by atoms with E-state index in [1.165, 1.54) is 11.3 Å². The largest absolute Gasteiger partial charge is 0.364 e. The molecule has 1 aliphatic heterocycles. The van der Waals surface area contributed by atoms with E-state index in [9.17, 15) is 4.79 Å². The van der Waals surface area contributed by atoms with Crippen LogP contribution in [0.15, 0.2) is 28.7 Å². The predicted molar refractivity (Wildman–Crippen MR) is 95.6 cm³/mol. The Bertz CT molecular complexity index is 702. The number of nitrogens with two attached hydrogens (primary N) is 1. The van der Waals surface area contributed by atoms with Crippen LogP contribution in [0.3, 0.4) is 0 Å². The minimum absolute atomic E-state index is 0.0119. The Morgan fingerprint density at radius 1 is 1.43 bits per heavy atom. The highest BCUT2D eigenvalue weighted by atomic mass is 79.9. The van der Waals surface area contributed by atoms with Gasteiger partial charge in [-0.05, 0) is 31.9 Å². The molecule has 1 aromatic heterocycles. The molecule has 1 aromatic carbocycles. The topological polar surface area (TPSA) is 77.2 Å². The molecular formula is C16H18BrN3O2S. The molecule has 0 radical (unpaired) electrons. The quantitative estimate of drug-likeness (QED) is 0.831. The average Bonchev–Trinajstić information content (AvgIpc) is 3.15. The lowest BCUT2D eigenvalue weighted by Crippen LogP contribution is -2.29. The minimum atomic E-state index is -0.427. The number of aryl methyl sites for hydroxylation is 1. The summed E-state index contributed by atoms with van der Waals surface area (Å²) < 4.78 is 6.64. The van der Waals surface area contributed by atoms with Gasteiger partial charge >= 0.3 is 0 Å². The first-order valence-electron chi connectivity index (χ1n) is 7.46. The molecule has 5 nitrogen and oxygen atoms in total. The lowest BCUT2D eigenvalue weighted by molar-refractivity contribution is -0.126. The molecule has 0 aliphatic carbocycles. The summed E-state index contributed by atoms with van der Waals surface area (Å²) in [5, 5.41) is 3.47. The Morgan fingerprint density at radius 2 is 2.17 bits per heavy atom. The van der Waals surface area contributed by atoms with Crippen LogP contribution in [0.25, 0.3) is 11.3 Å². The number of carbonyl (C=O) groups is 1. The molecular weight excluding hydrogens is 378 g/mol. The number of amides is 1. The van der Waals surface area contributed by atoms with Crippen molar-refractivity contribution in [3.05, 3.63) is 33.6 Å². The second-order valence-electron chi connectivity index (χ2n) is 5.48. The molecule has 2 heterocycles. The van der Waals surface area contributed by atoms with E-state index in [4.69, 9.17) is 10.5 Å². The Morgan fingerprint density at radius 3 is 2.83 bits per heavy atom. The maximum Gasteiger partial charge on any atom is 0.255 e. The van der Waals surface area contributed by atoms with Gasteiger partial charge in [-0.15, -0.1) is 11.3 Å². The number of halogens is 1. The molecule has 0 bridgehead atoms. The lowest BCUT2D eigenvalue weighted by atomic mass is 10.1. The summed E-state index contributed by atoms with van der Waals surface area (Å²) in [7, 11) is 0. The normalized spacial score (nSPS) is 20.7. The third-order valence-corrected chi connectivity index (χ3v) is 5.22. The molecule has 0 saturated carbocycles. The predicted octanol–water partition coefficient (Wildman–Crippen LogP) is 3.33. The lowest BCUT2D eigenvalue weighted by Gasteiger charge is -2.11. The number of ether oxygens (including phenoxy) is 1. The number of hydrogen-bond acceptors (Lipinski definition) is 5. The zero-order valence-corrected chi connectivity index (χ0v) is 15.1. The Labute approximate surface area is 147 Å². The molecule has 23 heavy (non-hydrogen) atoms. The number of hydrogen-bond donors (Lipinski definition) is 2. The van der Waals surface area contributed by atoms with Crippen LogP contribution in [0.2, 0.25) is 0 Å². The van der Waals surface area contributed by atoms with Crippen molar-refractivity contribution in [2.45, 2.75) is 32.0 Å². The summed E-state index contributed by atoms with van der Waals surface area (Å²) in [5.41, 5.74) is 7.50. The van der Waals surface area contributed by atoms with Crippen molar-refractivity contribution >= 4 is 38.3 Å². The summed E-state index contributed by atoms with van der Waals surface area (Å²) >= 11 is 4.90. The first kappa shape index (κ1) is 16.6.